The third-order valence-electron chi connectivity index (χ3n) is 6.42. The zero-order valence-electron chi connectivity index (χ0n) is 21.7. The second-order valence-corrected chi connectivity index (χ2v) is 12.1. The number of ketones is 1. The van der Waals surface area contributed by atoms with Gasteiger partial charge >= 0.3 is 0 Å². The van der Waals surface area contributed by atoms with Gasteiger partial charge in [0.05, 0.1) is 24.7 Å². The van der Waals surface area contributed by atoms with Gasteiger partial charge in [0.1, 0.15) is 16.6 Å². The monoisotopic (exact) mass is 557 g/mol. The first kappa shape index (κ1) is 27.7. The predicted molar refractivity (Wildman–Crippen MR) is 152 cm³/mol. The smallest absolute Gasteiger partial charge is 0.229 e. The fourth-order valence-corrected chi connectivity index (χ4v) is 5.55. The van der Waals surface area contributed by atoms with Crippen molar-refractivity contribution >= 4 is 56.0 Å². The van der Waals surface area contributed by atoms with E-state index in [-0.39, 0.29) is 11.5 Å². The van der Waals surface area contributed by atoms with Gasteiger partial charge in [0.15, 0.2) is 15.7 Å². The molecule has 0 amide bonds. The van der Waals surface area contributed by atoms with Crippen molar-refractivity contribution in [1.82, 2.24) is 9.97 Å². The number of anilines is 5. The van der Waals surface area contributed by atoms with E-state index >= 15 is 0 Å². The van der Waals surface area contributed by atoms with Crippen LogP contribution in [-0.2, 0) is 20.4 Å². The molecule has 1 aliphatic heterocycles. The van der Waals surface area contributed by atoms with Crippen molar-refractivity contribution in [2.75, 3.05) is 42.0 Å². The second-order valence-electron chi connectivity index (χ2n) is 9.59. The number of nitrogens with one attached hydrogen (secondary N) is 2. The van der Waals surface area contributed by atoms with Gasteiger partial charge in [-0.05, 0) is 49.4 Å². The van der Waals surface area contributed by atoms with E-state index in [1.165, 1.54) is 12.5 Å². The molecule has 1 aliphatic rings. The van der Waals surface area contributed by atoms with Crippen molar-refractivity contribution in [2.24, 2.45) is 5.92 Å². The Balaban J connectivity index is 1.50. The van der Waals surface area contributed by atoms with Crippen LogP contribution in [0.5, 0.6) is 5.75 Å². The molecule has 9 nitrogen and oxygen atoms in total. The van der Waals surface area contributed by atoms with Crippen molar-refractivity contribution in [1.29, 1.82) is 0 Å². The van der Waals surface area contributed by atoms with Gasteiger partial charge in [0.2, 0.25) is 5.95 Å². The van der Waals surface area contributed by atoms with E-state index in [1.807, 2.05) is 18.2 Å². The van der Waals surface area contributed by atoms with E-state index in [0.717, 1.165) is 31.6 Å². The third kappa shape index (κ3) is 7.35. The minimum absolute atomic E-state index is 0.109. The zero-order valence-corrected chi connectivity index (χ0v) is 23.3. The molecular formula is C27H32ClN5O4S. The summed E-state index contributed by atoms with van der Waals surface area (Å²) in [4.78, 5) is 22.6. The maximum Gasteiger partial charge on any atom is 0.229 e. The standard InChI is InChI=1S/C27H32ClN5O4S/c1-18(34)14-19-10-12-33(13-11-19)21-8-9-24(25(15-21)37-2)31-27-29-16-22(28)26(32-27)30-23-7-5-4-6-20(23)17-38(3,35)36/h4-9,15-16,19H,10-14,17H2,1-3H3,(H2,29,30,31,32). The van der Waals surface area contributed by atoms with Crippen molar-refractivity contribution in [3.05, 3.63) is 59.2 Å². The summed E-state index contributed by atoms with van der Waals surface area (Å²) in [6.07, 6.45) is 5.30. The minimum Gasteiger partial charge on any atom is -0.494 e. The summed E-state index contributed by atoms with van der Waals surface area (Å²) in [5.41, 5.74) is 2.95. The highest BCUT2D eigenvalue weighted by Crippen LogP contribution is 2.34. The Morgan fingerprint density at radius 2 is 1.87 bits per heavy atom. The number of Topliss-reactive ketones (excluding diaryl/α,β-unsaturated/α-hetero) is 1. The Morgan fingerprint density at radius 3 is 2.55 bits per heavy atom. The molecule has 1 saturated heterocycles. The number of piperidine rings is 1. The number of methoxy groups -OCH3 is 1. The van der Waals surface area contributed by atoms with Crippen LogP contribution in [0.3, 0.4) is 0 Å². The van der Waals surface area contributed by atoms with Gasteiger partial charge in [-0.3, -0.25) is 0 Å². The first-order valence-electron chi connectivity index (χ1n) is 12.4. The topological polar surface area (TPSA) is 114 Å². The van der Waals surface area contributed by atoms with Gasteiger partial charge < -0.3 is 25.1 Å². The lowest BCUT2D eigenvalue weighted by Gasteiger charge is -2.33. The number of para-hydroxylation sites is 1. The molecule has 0 unspecified atom stereocenters. The van der Waals surface area contributed by atoms with Gasteiger partial charge in [-0.15, -0.1) is 0 Å². The number of benzene rings is 2. The first-order chi connectivity index (χ1) is 18.1. The molecule has 11 heteroatoms. The van der Waals surface area contributed by atoms with Crippen LogP contribution in [0.2, 0.25) is 5.02 Å². The maximum atomic E-state index is 11.9. The van der Waals surface area contributed by atoms with Crippen LogP contribution in [0.25, 0.3) is 0 Å². The van der Waals surface area contributed by atoms with E-state index in [4.69, 9.17) is 16.3 Å². The van der Waals surface area contributed by atoms with Crippen LogP contribution in [-0.4, -0.2) is 50.6 Å². The van der Waals surface area contributed by atoms with Gasteiger partial charge in [-0.1, -0.05) is 29.8 Å². The molecule has 0 bridgehead atoms. The van der Waals surface area contributed by atoms with Crippen molar-refractivity contribution in [3.8, 4) is 5.75 Å². The summed E-state index contributed by atoms with van der Waals surface area (Å²) < 4.78 is 29.3. The molecule has 0 atom stereocenters. The quantitative estimate of drug-likeness (QED) is 0.340. The highest BCUT2D eigenvalue weighted by molar-refractivity contribution is 7.89. The van der Waals surface area contributed by atoms with E-state index < -0.39 is 9.84 Å². The summed E-state index contributed by atoms with van der Waals surface area (Å²) in [5, 5.41) is 6.62. The van der Waals surface area contributed by atoms with E-state index in [2.05, 4.69) is 25.5 Å². The van der Waals surface area contributed by atoms with Crippen LogP contribution >= 0.6 is 11.6 Å². The van der Waals surface area contributed by atoms with Gasteiger partial charge in [-0.25, -0.2) is 13.4 Å². The Kier molecular flexibility index (Phi) is 8.73. The van der Waals surface area contributed by atoms with Crippen molar-refractivity contribution in [3.63, 3.8) is 0 Å². The minimum atomic E-state index is -3.23. The highest BCUT2D eigenvalue weighted by Gasteiger charge is 2.21. The number of hydrogen-bond acceptors (Lipinski definition) is 9. The molecule has 2 N–H and O–H groups in total. The Labute approximate surface area is 228 Å². The molecule has 4 rings (SSSR count). The first-order valence-corrected chi connectivity index (χ1v) is 14.8. The van der Waals surface area contributed by atoms with Crippen LogP contribution in [0.15, 0.2) is 48.7 Å². The molecule has 1 aromatic heterocycles. The molecule has 38 heavy (non-hydrogen) atoms. The van der Waals surface area contributed by atoms with Crippen LogP contribution in [0.4, 0.5) is 28.8 Å². The lowest BCUT2D eigenvalue weighted by Crippen LogP contribution is -2.34. The van der Waals surface area contributed by atoms with Crippen LogP contribution < -0.4 is 20.3 Å². The molecule has 0 saturated carbocycles. The number of aromatic nitrogens is 2. The second kappa shape index (κ2) is 12.0. The predicted octanol–water partition coefficient (Wildman–Crippen LogP) is 5.37. The van der Waals surface area contributed by atoms with Crippen LogP contribution in [0, 0.1) is 5.92 Å². The lowest BCUT2D eigenvalue weighted by molar-refractivity contribution is -0.118. The van der Waals surface area contributed by atoms with E-state index in [9.17, 15) is 13.2 Å². The normalized spacial score (nSPS) is 14.3. The number of carbonyl (C=O) groups excluding carboxylic acids is 1. The lowest BCUT2D eigenvalue weighted by atomic mass is 9.92. The molecule has 2 aromatic carbocycles. The van der Waals surface area contributed by atoms with Crippen molar-refractivity contribution in [2.45, 2.75) is 31.9 Å². The van der Waals surface area contributed by atoms with Crippen molar-refractivity contribution < 1.29 is 17.9 Å². The molecule has 0 aliphatic carbocycles. The number of ether oxygens (including phenoxy) is 1. The number of rotatable bonds is 10. The summed E-state index contributed by atoms with van der Waals surface area (Å²) in [5.74, 6) is 1.88. The number of hydrogen-bond donors (Lipinski definition) is 2. The highest BCUT2D eigenvalue weighted by atomic mass is 35.5. The largest absolute Gasteiger partial charge is 0.494 e. The number of sulfone groups is 1. The molecule has 2 heterocycles. The average Bonchev–Trinajstić information content (AvgIpc) is 2.87. The Morgan fingerprint density at radius 1 is 1.13 bits per heavy atom. The summed E-state index contributed by atoms with van der Waals surface area (Å²) in [6.45, 7) is 3.44. The van der Waals surface area contributed by atoms with E-state index in [0.29, 0.717) is 51.8 Å². The summed E-state index contributed by atoms with van der Waals surface area (Å²) >= 11 is 6.36. The number of carbonyl (C=O) groups is 1. The van der Waals surface area contributed by atoms with Crippen LogP contribution in [0.1, 0.15) is 31.7 Å². The molecule has 0 radical (unpaired) electrons. The fourth-order valence-electron chi connectivity index (χ4n) is 4.60. The van der Waals surface area contributed by atoms with Gasteiger partial charge in [0.25, 0.3) is 0 Å². The third-order valence-corrected chi connectivity index (χ3v) is 7.53. The fraction of sp³-hybridized carbons (Fsp3) is 0.370. The maximum absolute atomic E-state index is 11.9. The van der Waals surface area contributed by atoms with Gasteiger partial charge in [0, 0.05) is 43.2 Å². The SMILES string of the molecule is COc1cc(N2CCC(CC(C)=O)CC2)ccc1Nc1ncc(Cl)c(Nc2ccccc2CS(C)(=O)=O)n1. The molecular weight excluding hydrogens is 526 g/mol. The summed E-state index contributed by atoms with van der Waals surface area (Å²) in [6, 6.07) is 13.0. The van der Waals surface area contributed by atoms with Gasteiger partial charge in [-0.2, -0.15) is 4.98 Å². The molecule has 3 aromatic rings. The number of halogens is 1. The Hall–Kier alpha value is -3.37. The zero-order chi connectivity index (χ0) is 27.3. The molecule has 1 fully saturated rings. The average molecular weight is 558 g/mol. The van der Waals surface area contributed by atoms with E-state index in [1.54, 1.807) is 38.3 Å². The molecule has 202 valence electrons. The number of nitrogens with zero attached hydrogens (tertiary/aromatic N) is 3. The Bertz CT molecular complexity index is 1410. The summed E-state index contributed by atoms with van der Waals surface area (Å²) in [7, 11) is -1.62. The molecule has 0 spiro atoms.